The molecule has 0 aromatic heterocycles. The number of anilines is 1. The third kappa shape index (κ3) is 3.31. The van der Waals surface area contributed by atoms with Gasteiger partial charge in [-0.25, -0.2) is 0 Å². The van der Waals surface area contributed by atoms with Crippen LogP contribution in [0.5, 0.6) is 0 Å². The Bertz CT molecular complexity index is 613. The number of hydrogen-bond acceptors (Lipinski definition) is 4. The number of aliphatic hydroxyl groups is 1. The molecule has 0 aliphatic carbocycles. The molecule has 0 saturated heterocycles. The van der Waals surface area contributed by atoms with E-state index in [0.717, 1.165) is 6.42 Å². The summed E-state index contributed by atoms with van der Waals surface area (Å²) in [6.07, 6.45) is -4.02. The number of nitrogens with zero attached hydrogens (tertiary/aromatic N) is 2. The highest BCUT2D eigenvalue weighted by atomic mass is 19.4. The van der Waals surface area contributed by atoms with Gasteiger partial charge in [-0.2, -0.15) is 23.3 Å². The number of benzene rings is 1. The van der Waals surface area contributed by atoms with Crippen molar-refractivity contribution < 1.29 is 23.1 Å². The van der Waals surface area contributed by atoms with Crippen molar-refractivity contribution in [3.63, 3.8) is 0 Å². The second-order valence-electron chi connectivity index (χ2n) is 5.50. The van der Waals surface area contributed by atoms with Gasteiger partial charge < -0.3 is 10.8 Å². The van der Waals surface area contributed by atoms with Gasteiger partial charge in [0.25, 0.3) is 11.6 Å². The van der Waals surface area contributed by atoms with E-state index >= 15 is 0 Å². The summed E-state index contributed by atoms with van der Waals surface area (Å²) in [4.78, 5) is 12.4. The van der Waals surface area contributed by atoms with Crippen molar-refractivity contribution in [2.24, 2.45) is 5.10 Å². The van der Waals surface area contributed by atoms with Crippen LogP contribution >= 0.6 is 0 Å². The molecule has 2 rings (SSSR count). The van der Waals surface area contributed by atoms with Gasteiger partial charge in [-0.05, 0) is 37.1 Å². The normalized spacial score (nSPS) is 21.4. The molecule has 0 unspecified atom stereocenters. The van der Waals surface area contributed by atoms with Gasteiger partial charge in [-0.3, -0.25) is 4.79 Å². The Balaban J connectivity index is 2.35. The zero-order valence-corrected chi connectivity index (χ0v) is 12.6. The highest BCUT2D eigenvalue weighted by molar-refractivity contribution is 5.98. The summed E-state index contributed by atoms with van der Waals surface area (Å²) >= 11 is 0. The van der Waals surface area contributed by atoms with E-state index < -0.39 is 24.2 Å². The Labute approximate surface area is 131 Å². The second kappa shape index (κ2) is 6.19. The van der Waals surface area contributed by atoms with Crippen LogP contribution in [-0.2, 0) is 0 Å². The molecule has 23 heavy (non-hydrogen) atoms. The molecule has 1 amide bonds. The minimum absolute atomic E-state index is 0.0256. The summed E-state index contributed by atoms with van der Waals surface area (Å²) in [5.74, 6) is -1.02. The number of alkyl halides is 3. The Morgan fingerprint density at radius 1 is 1.39 bits per heavy atom. The quantitative estimate of drug-likeness (QED) is 0.834. The zero-order valence-electron chi connectivity index (χ0n) is 12.6. The maximum atomic E-state index is 13.3. The summed E-state index contributed by atoms with van der Waals surface area (Å²) < 4.78 is 39.9. The average molecular weight is 329 g/mol. The SMILES string of the molecule is CCCCC1=NN(C(=O)c2ccc(N)cc2)[C@](O)(C(F)(F)F)C1. The van der Waals surface area contributed by atoms with Crippen LogP contribution in [0.15, 0.2) is 29.4 Å². The maximum Gasteiger partial charge on any atom is 0.438 e. The van der Waals surface area contributed by atoms with Crippen molar-refractivity contribution >= 4 is 17.3 Å². The maximum absolute atomic E-state index is 13.3. The van der Waals surface area contributed by atoms with E-state index in [1.54, 1.807) is 0 Å². The van der Waals surface area contributed by atoms with Gasteiger partial charge in [0.15, 0.2) is 0 Å². The summed E-state index contributed by atoms with van der Waals surface area (Å²) in [5.41, 5.74) is 2.70. The lowest BCUT2D eigenvalue weighted by Gasteiger charge is -2.32. The lowest BCUT2D eigenvalue weighted by atomic mass is 10.0. The second-order valence-corrected chi connectivity index (χ2v) is 5.50. The first-order valence-corrected chi connectivity index (χ1v) is 7.24. The van der Waals surface area contributed by atoms with Crippen molar-refractivity contribution in [2.45, 2.75) is 44.5 Å². The molecule has 0 spiro atoms. The van der Waals surface area contributed by atoms with E-state index in [2.05, 4.69) is 5.10 Å². The number of halogens is 3. The summed E-state index contributed by atoms with van der Waals surface area (Å²) in [7, 11) is 0. The summed E-state index contributed by atoms with van der Waals surface area (Å²) in [6.45, 7) is 1.89. The molecule has 5 nitrogen and oxygen atoms in total. The molecule has 1 aliphatic rings. The number of rotatable bonds is 4. The minimum Gasteiger partial charge on any atom is -0.399 e. The minimum atomic E-state index is -5.01. The number of carbonyl (C=O) groups excluding carboxylic acids is 1. The molecular weight excluding hydrogens is 311 g/mol. The molecule has 3 N–H and O–H groups in total. The van der Waals surface area contributed by atoms with Crippen molar-refractivity contribution in [1.29, 1.82) is 0 Å². The summed E-state index contributed by atoms with van der Waals surface area (Å²) in [5, 5.41) is 14.0. The lowest BCUT2D eigenvalue weighted by Crippen LogP contribution is -2.56. The van der Waals surface area contributed by atoms with E-state index in [1.807, 2.05) is 6.92 Å². The monoisotopic (exact) mass is 329 g/mol. The number of carbonyl (C=O) groups is 1. The molecule has 1 aromatic carbocycles. The lowest BCUT2D eigenvalue weighted by molar-refractivity contribution is -0.297. The molecule has 8 heteroatoms. The molecule has 126 valence electrons. The van der Waals surface area contributed by atoms with E-state index in [-0.39, 0.29) is 16.3 Å². The highest BCUT2D eigenvalue weighted by Gasteiger charge is 2.63. The van der Waals surface area contributed by atoms with Crippen LogP contribution in [0, 0.1) is 0 Å². The molecule has 0 saturated carbocycles. The van der Waals surface area contributed by atoms with E-state index in [4.69, 9.17) is 5.73 Å². The molecule has 0 bridgehead atoms. The van der Waals surface area contributed by atoms with Crippen molar-refractivity contribution in [3.05, 3.63) is 29.8 Å². The Morgan fingerprint density at radius 2 is 2.00 bits per heavy atom. The van der Waals surface area contributed by atoms with Gasteiger partial charge in [0, 0.05) is 23.4 Å². The zero-order chi connectivity index (χ0) is 17.3. The molecule has 1 atom stereocenters. The van der Waals surface area contributed by atoms with Crippen LogP contribution in [0.1, 0.15) is 43.0 Å². The van der Waals surface area contributed by atoms with Crippen LogP contribution in [0.25, 0.3) is 0 Å². The summed E-state index contributed by atoms with van der Waals surface area (Å²) in [6, 6.07) is 5.40. The fraction of sp³-hybridized carbons (Fsp3) is 0.467. The van der Waals surface area contributed by atoms with E-state index in [1.165, 1.54) is 24.3 Å². The van der Waals surface area contributed by atoms with Crippen LogP contribution in [-0.4, -0.2) is 33.6 Å². The van der Waals surface area contributed by atoms with Crippen LogP contribution in [0.3, 0.4) is 0 Å². The fourth-order valence-corrected chi connectivity index (χ4v) is 2.32. The van der Waals surface area contributed by atoms with Gasteiger partial charge in [0.1, 0.15) is 0 Å². The number of unbranched alkanes of at least 4 members (excludes halogenated alkanes) is 1. The molecule has 1 heterocycles. The van der Waals surface area contributed by atoms with Crippen molar-refractivity contribution in [2.75, 3.05) is 5.73 Å². The molecule has 1 aromatic rings. The van der Waals surface area contributed by atoms with Gasteiger partial charge in [-0.15, -0.1) is 0 Å². The topological polar surface area (TPSA) is 78.9 Å². The molecule has 0 radical (unpaired) electrons. The fourth-order valence-electron chi connectivity index (χ4n) is 2.32. The van der Waals surface area contributed by atoms with E-state index in [0.29, 0.717) is 18.5 Å². The van der Waals surface area contributed by atoms with Crippen molar-refractivity contribution in [1.82, 2.24) is 5.01 Å². The standard InChI is InChI=1S/C15H18F3N3O2/c1-2-3-4-12-9-14(23,15(16,17)18)21(20-12)13(22)10-5-7-11(19)8-6-10/h5-8,23H,2-4,9,19H2,1H3/t14-/m1/s1. The van der Waals surface area contributed by atoms with Gasteiger partial charge in [0.05, 0.1) is 0 Å². The predicted octanol–water partition coefficient (Wildman–Crippen LogP) is 2.91. The number of amides is 1. The first kappa shape index (κ1) is 17.3. The number of hydrazone groups is 1. The molecule has 1 aliphatic heterocycles. The van der Waals surface area contributed by atoms with Crippen LogP contribution in [0.2, 0.25) is 0 Å². The Kier molecular flexibility index (Phi) is 4.65. The molecule has 0 fully saturated rings. The predicted molar refractivity (Wildman–Crippen MR) is 79.6 cm³/mol. The van der Waals surface area contributed by atoms with Gasteiger partial charge >= 0.3 is 6.18 Å². The third-order valence-corrected chi connectivity index (χ3v) is 3.67. The largest absolute Gasteiger partial charge is 0.438 e. The number of nitrogen functional groups attached to an aromatic ring is 1. The van der Waals surface area contributed by atoms with Crippen molar-refractivity contribution in [3.8, 4) is 0 Å². The smallest absolute Gasteiger partial charge is 0.399 e. The first-order valence-electron chi connectivity index (χ1n) is 7.24. The third-order valence-electron chi connectivity index (χ3n) is 3.67. The van der Waals surface area contributed by atoms with Crippen LogP contribution in [0.4, 0.5) is 18.9 Å². The van der Waals surface area contributed by atoms with E-state index in [9.17, 15) is 23.1 Å². The Hall–Kier alpha value is -2.09. The van der Waals surface area contributed by atoms with Crippen LogP contribution < -0.4 is 5.73 Å². The first-order chi connectivity index (χ1) is 10.7. The number of nitrogens with two attached hydrogens (primary N) is 1. The number of hydrogen-bond donors (Lipinski definition) is 2. The highest BCUT2D eigenvalue weighted by Crippen LogP contribution is 2.41. The Morgan fingerprint density at radius 3 is 2.52 bits per heavy atom. The van der Waals surface area contributed by atoms with Gasteiger partial charge in [-0.1, -0.05) is 13.3 Å². The van der Waals surface area contributed by atoms with Gasteiger partial charge in [0.2, 0.25) is 0 Å². The molecular formula is C15H18F3N3O2. The average Bonchev–Trinajstić information content (AvgIpc) is 2.83.